The number of nitrogens with one attached hydrogen (secondary N) is 2. The zero-order valence-electron chi connectivity index (χ0n) is 17.1. The number of aryl methyl sites for hydroxylation is 1. The highest BCUT2D eigenvalue weighted by atomic mass is 79.9. The number of hydrogen-bond donors (Lipinski definition) is 2. The summed E-state index contributed by atoms with van der Waals surface area (Å²) in [5.41, 5.74) is 4.18. The quantitative estimate of drug-likeness (QED) is 0.346. The van der Waals surface area contributed by atoms with Gasteiger partial charge in [-0.25, -0.2) is 4.98 Å². The number of fused-ring (bicyclic) bond motifs is 3. The standard InChI is InChI=1S/C24H24BrN3O/c1-5-24(3,4)15-7-6-14(2)20(12-15)28-22-17-10-11-26-23(29)21(17)18-13-16(25)8-9-19(18)27-22/h6-13H,5H2,1-4H3,(H,26,29)(H,27,28). The number of aromatic amines is 1. The second-order valence-electron chi connectivity index (χ2n) is 8.11. The Balaban J connectivity index is 1.94. The Bertz CT molecular complexity index is 1290. The van der Waals surface area contributed by atoms with Crippen LogP contribution in [0.4, 0.5) is 11.5 Å². The highest BCUT2D eigenvalue weighted by Gasteiger charge is 2.19. The van der Waals surface area contributed by atoms with Crippen LogP contribution >= 0.6 is 15.9 Å². The molecule has 4 aromatic rings. The van der Waals surface area contributed by atoms with Gasteiger partial charge >= 0.3 is 0 Å². The Morgan fingerprint density at radius 3 is 2.66 bits per heavy atom. The molecule has 0 unspecified atom stereocenters. The molecule has 0 saturated heterocycles. The Kier molecular flexibility index (Phi) is 4.95. The van der Waals surface area contributed by atoms with Gasteiger partial charge in [0.15, 0.2) is 0 Å². The third-order valence-electron chi connectivity index (χ3n) is 5.83. The number of benzene rings is 2. The molecule has 0 spiro atoms. The molecule has 2 aromatic heterocycles. The topological polar surface area (TPSA) is 57.8 Å². The van der Waals surface area contributed by atoms with E-state index >= 15 is 0 Å². The molecule has 0 atom stereocenters. The molecule has 0 bridgehead atoms. The van der Waals surface area contributed by atoms with Gasteiger partial charge in [0, 0.05) is 27.1 Å². The Labute approximate surface area is 178 Å². The van der Waals surface area contributed by atoms with Crippen molar-refractivity contribution in [1.29, 1.82) is 0 Å². The van der Waals surface area contributed by atoms with Gasteiger partial charge in [0.1, 0.15) is 5.82 Å². The van der Waals surface area contributed by atoms with Gasteiger partial charge in [-0.05, 0) is 60.2 Å². The fourth-order valence-corrected chi connectivity index (χ4v) is 3.90. The second kappa shape index (κ2) is 7.30. The smallest absolute Gasteiger partial charge is 0.256 e. The molecule has 0 amide bonds. The first kappa shape index (κ1) is 19.6. The van der Waals surface area contributed by atoms with E-state index < -0.39 is 0 Å². The average Bonchev–Trinajstić information content (AvgIpc) is 2.70. The van der Waals surface area contributed by atoms with Crippen LogP contribution in [0.1, 0.15) is 38.3 Å². The van der Waals surface area contributed by atoms with Crippen molar-refractivity contribution in [3.8, 4) is 0 Å². The fraction of sp³-hybridized carbons (Fsp3) is 0.250. The first-order chi connectivity index (χ1) is 13.8. The van der Waals surface area contributed by atoms with Crippen molar-refractivity contribution in [2.24, 2.45) is 0 Å². The van der Waals surface area contributed by atoms with Gasteiger partial charge < -0.3 is 10.3 Å². The van der Waals surface area contributed by atoms with Crippen LogP contribution in [-0.2, 0) is 5.41 Å². The van der Waals surface area contributed by atoms with Crippen molar-refractivity contribution in [1.82, 2.24) is 9.97 Å². The molecular weight excluding hydrogens is 426 g/mol. The molecule has 0 saturated carbocycles. The molecule has 0 aliphatic carbocycles. The third-order valence-corrected chi connectivity index (χ3v) is 6.33. The molecule has 5 heteroatoms. The summed E-state index contributed by atoms with van der Waals surface area (Å²) in [5.74, 6) is 0.690. The molecule has 0 fully saturated rings. The number of hydrogen-bond acceptors (Lipinski definition) is 3. The molecule has 2 heterocycles. The monoisotopic (exact) mass is 449 g/mol. The summed E-state index contributed by atoms with van der Waals surface area (Å²) in [6.45, 7) is 8.79. The van der Waals surface area contributed by atoms with Crippen LogP contribution in [0.5, 0.6) is 0 Å². The Morgan fingerprint density at radius 2 is 1.90 bits per heavy atom. The SMILES string of the molecule is CCC(C)(C)c1ccc(C)c(Nc2nc3ccc(Br)cc3c3c(=O)[nH]ccc23)c1. The van der Waals surface area contributed by atoms with E-state index in [2.05, 4.69) is 72.1 Å². The van der Waals surface area contributed by atoms with Gasteiger partial charge in [0.25, 0.3) is 5.56 Å². The van der Waals surface area contributed by atoms with Gasteiger partial charge in [0.05, 0.1) is 10.9 Å². The number of aromatic nitrogens is 2. The Hall–Kier alpha value is -2.66. The van der Waals surface area contributed by atoms with Gasteiger partial charge in [-0.3, -0.25) is 4.79 Å². The van der Waals surface area contributed by atoms with E-state index in [4.69, 9.17) is 4.98 Å². The van der Waals surface area contributed by atoms with Gasteiger partial charge in [-0.1, -0.05) is 48.8 Å². The van der Waals surface area contributed by atoms with Crippen LogP contribution in [0.3, 0.4) is 0 Å². The molecule has 2 N–H and O–H groups in total. The summed E-state index contributed by atoms with van der Waals surface area (Å²) >= 11 is 3.50. The zero-order valence-corrected chi connectivity index (χ0v) is 18.6. The average molecular weight is 450 g/mol. The summed E-state index contributed by atoms with van der Waals surface area (Å²) < 4.78 is 0.919. The van der Waals surface area contributed by atoms with E-state index in [1.807, 2.05) is 24.3 Å². The summed E-state index contributed by atoms with van der Waals surface area (Å²) in [6.07, 6.45) is 2.72. The van der Waals surface area contributed by atoms with Gasteiger partial charge in [-0.2, -0.15) is 0 Å². The number of rotatable bonds is 4. The van der Waals surface area contributed by atoms with E-state index in [1.54, 1.807) is 6.20 Å². The van der Waals surface area contributed by atoms with Crippen LogP contribution in [0.25, 0.3) is 21.7 Å². The maximum absolute atomic E-state index is 12.7. The van der Waals surface area contributed by atoms with E-state index in [1.165, 1.54) is 5.56 Å². The lowest BCUT2D eigenvalue weighted by Crippen LogP contribution is -2.15. The zero-order chi connectivity index (χ0) is 20.8. The number of anilines is 2. The lowest BCUT2D eigenvalue weighted by molar-refractivity contribution is 0.506. The van der Waals surface area contributed by atoms with E-state index in [0.29, 0.717) is 11.2 Å². The van der Waals surface area contributed by atoms with Crippen molar-refractivity contribution >= 4 is 49.1 Å². The summed E-state index contributed by atoms with van der Waals surface area (Å²) in [4.78, 5) is 20.3. The van der Waals surface area contributed by atoms with Crippen molar-refractivity contribution < 1.29 is 0 Å². The van der Waals surface area contributed by atoms with E-state index in [9.17, 15) is 4.79 Å². The number of H-pyrrole nitrogens is 1. The predicted molar refractivity (Wildman–Crippen MR) is 125 cm³/mol. The minimum Gasteiger partial charge on any atom is -0.339 e. The molecule has 0 aliphatic heterocycles. The predicted octanol–water partition coefficient (Wildman–Crippen LogP) is 6.58. The van der Waals surface area contributed by atoms with E-state index in [0.717, 1.165) is 38.4 Å². The van der Waals surface area contributed by atoms with Crippen LogP contribution in [-0.4, -0.2) is 9.97 Å². The lowest BCUT2D eigenvalue weighted by atomic mass is 9.81. The van der Waals surface area contributed by atoms with Gasteiger partial charge in [-0.15, -0.1) is 0 Å². The van der Waals surface area contributed by atoms with Crippen LogP contribution < -0.4 is 10.9 Å². The molecule has 148 valence electrons. The largest absolute Gasteiger partial charge is 0.339 e. The normalized spacial score (nSPS) is 11.9. The molecule has 0 radical (unpaired) electrons. The molecule has 2 aromatic carbocycles. The molecule has 0 aliphatic rings. The Morgan fingerprint density at radius 1 is 1.10 bits per heavy atom. The second-order valence-corrected chi connectivity index (χ2v) is 9.03. The summed E-state index contributed by atoms with van der Waals surface area (Å²) in [7, 11) is 0. The van der Waals surface area contributed by atoms with Crippen LogP contribution in [0, 0.1) is 6.92 Å². The van der Waals surface area contributed by atoms with Crippen LogP contribution in [0.15, 0.2) is 57.9 Å². The maximum Gasteiger partial charge on any atom is 0.256 e. The van der Waals surface area contributed by atoms with Crippen molar-refractivity contribution in [2.75, 3.05) is 5.32 Å². The number of pyridine rings is 2. The van der Waals surface area contributed by atoms with Gasteiger partial charge in [0.2, 0.25) is 0 Å². The highest BCUT2D eigenvalue weighted by Crippen LogP contribution is 2.34. The van der Waals surface area contributed by atoms with Crippen molar-refractivity contribution in [2.45, 2.75) is 39.5 Å². The number of halogens is 1. The molecule has 4 rings (SSSR count). The first-order valence-corrected chi connectivity index (χ1v) is 10.6. The fourth-order valence-electron chi connectivity index (χ4n) is 3.53. The first-order valence-electron chi connectivity index (χ1n) is 9.79. The highest BCUT2D eigenvalue weighted by molar-refractivity contribution is 9.10. The number of nitrogens with zero attached hydrogens (tertiary/aromatic N) is 1. The van der Waals surface area contributed by atoms with Crippen molar-refractivity contribution in [3.63, 3.8) is 0 Å². The maximum atomic E-state index is 12.7. The summed E-state index contributed by atoms with van der Waals surface area (Å²) in [6, 6.07) is 14.3. The van der Waals surface area contributed by atoms with Crippen LogP contribution in [0.2, 0.25) is 0 Å². The molecule has 29 heavy (non-hydrogen) atoms. The third kappa shape index (κ3) is 3.55. The summed E-state index contributed by atoms with van der Waals surface area (Å²) in [5, 5.41) is 5.79. The minimum atomic E-state index is -0.117. The molecular formula is C24H24BrN3O. The minimum absolute atomic E-state index is 0.0897. The lowest BCUT2D eigenvalue weighted by Gasteiger charge is -2.25. The van der Waals surface area contributed by atoms with E-state index in [-0.39, 0.29) is 11.0 Å². The molecule has 4 nitrogen and oxygen atoms in total. The van der Waals surface area contributed by atoms with Crippen molar-refractivity contribution in [3.05, 3.63) is 74.6 Å².